The summed E-state index contributed by atoms with van der Waals surface area (Å²) in [6.45, 7) is 13.8. The van der Waals surface area contributed by atoms with Crippen molar-refractivity contribution in [3.05, 3.63) is 59.4 Å². The highest BCUT2D eigenvalue weighted by molar-refractivity contribution is 5.95. The van der Waals surface area contributed by atoms with Crippen molar-refractivity contribution < 1.29 is 23.5 Å². The molecule has 12 heteroatoms. The van der Waals surface area contributed by atoms with Gasteiger partial charge in [-0.1, -0.05) is 31.5 Å². The number of carbonyl (C=O) groups is 3. The number of rotatable bonds is 5. The molecule has 0 radical (unpaired) electrons. The lowest BCUT2D eigenvalue weighted by Gasteiger charge is -2.45. The number of hydrogen-bond donors (Lipinski definition) is 1. The number of likely N-dealkylation sites (tertiary alicyclic amines) is 3. The summed E-state index contributed by atoms with van der Waals surface area (Å²) in [7, 11) is 3.55. The predicted octanol–water partition coefficient (Wildman–Crippen LogP) is 6.20. The van der Waals surface area contributed by atoms with Gasteiger partial charge in [0.1, 0.15) is 5.82 Å². The van der Waals surface area contributed by atoms with Crippen LogP contribution in [-0.4, -0.2) is 136 Å². The molecule has 0 unspecified atom stereocenters. The fourth-order valence-corrected chi connectivity index (χ4v) is 10.4. The van der Waals surface area contributed by atoms with E-state index in [1.54, 1.807) is 38.1 Å². The Kier molecular flexibility index (Phi) is 12.6. The van der Waals surface area contributed by atoms with Crippen LogP contribution in [0.25, 0.3) is 0 Å². The standard InChI is InChI=1S/C24H35N3O3.C20H29FN4O/c1-3-4-17-30-23(29)26-13-9-20(10-14-26)25-15-11-24(12-16-25)18-27(19(2)28)22-8-6-5-7-21(22)24;1-23(2)19(26)25-14-20(17-13-15(21)3-4-18(17)25)7-11-24(12-8-20)16-5-9-22-10-6-16/h5-8,20H,3-4,9-18H2,1-2H3;3-4,13,16,22H,5-12,14H2,1-2H3. The Morgan fingerprint density at radius 1 is 0.786 bits per heavy atom. The van der Waals surface area contributed by atoms with E-state index in [1.165, 1.54) is 24.5 Å². The summed E-state index contributed by atoms with van der Waals surface area (Å²) in [5.74, 6) is -0.0667. The molecule has 306 valence electrons. The fourth-order valence-electron chi connectivity index (χ4n) is 10.4. The molecule has 4 saturated heterocycles. The van der Waals surface area contributed by atoms with Crippen LogP contribution in [-0.2, 0) is 20.4 Å². The SMILES string of the molecule is CCCCOC(=O)N1CCC(N2CCC3(CC2)CN(C(C)=O)c2ccccc23)CC1.CN(C)C(=O)N1CC2(CCN(C3CCNCC3)CC2)c2cc(F)ccc21. The molecular formula is C44H64FN7O4. The number of para-hydroxylation sites is 1. The van der Waals surface area contributed by atoms with Gasteiger partial charge in [-0.3, -0.25) is 9.69 Å². The molecule has 4 amide bonds. The molecule has 0 bridgehead atoms. The average Bonchev–Trinajstić information content (AvgIpc) is 3.71. The van der Waals surface area contributed by atoms with Gasteiger partial charge < -0.3 is 34.6 Å². The Morgan fingerprint density at radius 3 is 1.96 bits per heavy atom. The molecule has 0 saturated carbocycles. The minimum atomic E-state index is -0.205. The van der Waals surface area contributed by atoms with Crippen LogP contribution in [0.15, 0.2) is 42.5 Å². The van der Waals surface area contributed by atoms with Crippen LogP contribution < -0.4 is 15.1 Å². The van der Waals surface area contributed by atoms with E-state index < -0.39 is 0 Å². The van der Waals surface area contributed by atoms with Crippen LogP contribution in [0.5, 0.6) is 0 Å². The zero-order chi connectivity index (χ0) is 39.5. The molecule has 0 atom stereocenters. The Bertz CT molecular complexity index is 1690. The van der Waals surface area contributed by atoms with Gasteiger partial charge in [0.2, 0.25) is 5.91 Å². The number of nitrogens with zero attached hydrogens (tertiary/aromatic N) is 6. The van der Waals surface area contributed by atoms with Crippen LogP contribution in [0.4, 0.5) is 25.4 Å². The second-order valence-corrected chi connectivity index (χ2v) is 17.3. The number of fused-ring (bicyclic) bond motifs is 4. The third-order valence-electron chi connectivity index (χ3n) is 13.8. The van der Waals surface area contributed by atoms with Crippen molar-refractivity contribution in [3.63, 3.8) is 0 Å². The van der Waals surface area contributed by atoms with Crippen molar-refractivity contribution in [1.29, 1.82) is 0 Å². The summed E-state index contributed by atoms with van der Waals surface area (Å²) in [6, 6.07) is 14.6. The number of ether oxygens (including phenoxy) is 1. The molecule has 0 aliphatic carbocycles. The van der Waals surface area contributed by atoms with Gasteiger partial charge in [-0.05, 0) is 132 Å². The van der Waals surface area contributed by atoms with Crippen LogP contribution in [0.1, 0.15) is 89.2 Å². The quantitative estimate of drug-likeness (QED) is 0.362. The van der Waals surface area contributed by atoms with Gasteiger partial charge in [-0.2, -0.15) is 0 Å². The summed E-state index contributed by atoms with van der Waals surface area (Å²) in [5, 5.41) is 3.43. The molecule has 6 heterocycles. The number of carbonyl (C=O) groups excluding carboxylic acids is 3. The maximum atomic E-state index is 14.0. The van der Waals surface area contributed by atoms with E-state index in [4.69, 9.17) is 4.74 Å². The van der Waals surface area contributed by atoms with E-state index in [0.29, 0.717) is 25.2 Å². The van der Waals surface area contributed by atoms with Crippen molar-refractivity contribution >= 4 is 29.4 Å². The van der Waals surface area contributed by atoms with E-state index in [9.17, 15) is 18.8 Å². The Hall–Kier alpha value is -3.74. The first-order valence-corrected chi connectivity index (χ1v) is 21.3. The fraction of sp³-hybridized carbons (Fsp3) is 0.659. The Balaban J connectivity index is 0.000000173. The van der Waals surface area contributed by atoms with Crippen molar-refractivity contribution in [2.24, 2.45) is 0 Å². The molecule has 1 N–H and O–H groups in total. The van der Waals surface area contributed by atoms with Gasteiger partial charge in [0.05, 0.1) is 6.61 Å². The third-order valence-corrected chi connectivity index (χ3v) is 13.8. The van der Waals surface area contributed by atoms with Gasteiger partial charge in [-0.15, -0.1) is 0 Å². The molecule has 2 aromatic carbocycles. The lowest BCUT2D eigenvalue weighted by molar-refractivity contribution is -0.116. The molecule has 11 nitrogen and oxygen atoms in total. The highest BCUT2D eigenvalue weighted by Gasteiger charge is 2.48. The molecule has 6 aliphatic rings. The van der Waals surface area contributed by atoms with E-state index in [2.05, 4.69) is 40.2 Å². The summed E-state index contributed by atoms with van der Waals surface area (Å²) in [5.41, 5.74) is 4.37. The molecule has 56 heavy (non-hydrogen) atoms. The summed E-state index contributed by atoms with van der Waals surface area (Å²) < 4.78 is 19.4. The average molecular weight is 774 g/mol. The smallest absolute Gasteiger partial charge is 0.409 e. The molecule has 6 aliphatic heterocycles. The number of anilines is 2. The number of piperidine rings is 4. The monoisotopic (exact) mass is 774 g/mol. The minimum Gasteiger partial charge on any atom is -0.449 e. The van der Waals surface area contributed by atoms with Crippen molar-refractivity contribution in [1.82, 2.24) is 24.9 Å². The zero-order valence-corrected chi connectivity index (χ0v) is 34.2. The maximum absolute atomic E-state index is 14.0. The van der Waals surface area contributed by atoms with Crippen molar-refractivity contribution in [2.75, 3.05) is 95.9 Å². The predicted molar refractivity (Wildman–Crippen MR) is 219 cm³/mol. The molecule has 8 rings (SSSR count). The van der Waals surface area contributed by atoms with Gasteiger partial charge in [0.25, 0.3) is 0 Å². The second kappa shape index (κ2) is 17.4. The number of urea groups is 1. The molecule has 4 fully saturated rings. The third kappa shape index (κ3) is 8.29. The largest absolute Gasteiger partial charge is 0.449 e. The number of amides is 4. The summed E-state index contributed by atoms with van der Waals surface area (Å²) in [6.07, 6.45) is 10.5. The highest BCUT2D eigenvalue weighted by Crippen LogP contribution is 2.49. The van der Waals surface area contributed by atoms with Gasteiger partial charge in [-0.25, -0.2) is 14.0 Å². The first kappa shape index (κ1) is 40.5. The first-order valence-electron chi connectivity index (χ1n) is 21.3. The Morgan fingerprint density at radius 2 is 1.36 bits per heavy atom. The lowest BCUT2D eigenvalue weighted by Crippen LogP contribution is -2.52. The van der Waals surface area contributed by atoms with Crippen LogP contribution in [0, 0.1) is 5.82 Å². The van der Waals surface area contributed by atoms with Crippen LogP contribution >= 0.6 is 0 Å². The maximum Gasteiger partial charge on any atom is 0.409 e. The number of benzene rings is 2. The number of nitrogens with one attached hydrogen (secondary N) is 1. The van der Waals surface area contributed by atoms with E-state index in [1.807, 2.05) is 20.8 Å². The zero-order valence-electron chi connectivity index (χ0n) is 34.2. The van der Waals surface area contributed by atoms with Gasteiger partial charge in [0, 0.05) is 81.5 Å². The van der Waals surface area contributed by atoms with Crippen molar-refractivity contribution in [3.8, 4) is 0 Å². The van der Waals surface area contributed by atoms with E-state index in [-0.39, 0.29) is 34.7 Å². The minimum absolute atomic E-state index is 0.0180. The lowest BCUT2D eigenvalue weighted by atomic mass is 9.74. The molecule has 2 spiro atoms. The topological polar surface area (TPSA) is 91.9 Å². The van der Waals surface area contributed by atoms with Crippen LogP contribution in [0.2, 0.25) is 0 Å². The normalized spacial score (nSPS) is 22.4. The van der Waals surface area contributed by atoms with Crippen molar-refractivity contribution in [2.45, 2.75) is 101 Å². The summed E-state index contributed by atoms with van der Waals surface area (Å²) >= 11 is 0. The van der Waals surface area contributed by atoms with Gasteiger partial charge >= 0.3 is 12.1 Å². The number of hydrogen-bond acceptors (Lipinski definition) is 7. The van der Waals surface area contributed by atoms with Crippen LogP contribution in [0.3, 0.4) is 0 Å². The van der Waals surface area contributed by atoms with E-state index in [0.717, 1.165) is 127 Å². The van der Waals surface area contributed by atoms with E-state index >= 15 is 0 Å². The number of halogens is 1. The molecular weight excluding hydrogens is 710 g/mol. The molecule has 0 aromatic heterocycles. The summed E-state index contributed by atoms with van der Waals surface area (Å²) in [4.78, 5) is 49.6. The highest BCUT2D eigenvalue weighted by atomic mass is 19.1. The molecule has 2 aromatic rings. The Labute approximate surface area is 333 Å². The second-order valence-electron chi connectivity index (χ2n) is 17.3. The first-order chi connectivity index (χ1) is 27.0. The number of unbranched alkanes of at least 4 members (excludes halogenated alkanes) is 1. The van der Waals surface area contributed by atoms with Gasteiger partial charge in [0.15, 0.2) is 0 Å².